The fourth-order valence-corrected chi connectivity index (χ4v) is 2.36. The smallest absolute Gasteiger partial charge is 0.334 e. The predicted octanol–water partition coefficient (Wildman–Crippen LogP) is 0.559. The molecular formula is C17H20N6O5. The minimum absolute atomic E-state index is 0.0105. The third kappa shape index (κ3) is 4.71. The fraction of sp³-hybridized carbons (Fsp3) is 0.235. The Morgan fingerprint density at radius 3 is 2.64 bits per heavy atom. The second kappa shape index (κ2) is 9.28. The van der Waals surface area contributed by atoms with Crippen molar-refractivity contribution in [1.29, 1.82) is 5.41 Å². The van der Waals surface area contributed by atoms with Gasteiger partial charge in [-0.1, -0.05) is 6.07 Å². The molecule has 0 aromatic carbocycles. The Balaban J connectivity index is 2.22. The summed E-state index contributed by atoms with van der Waals surface area (Å²) in [5.41, 5.74) is 6.43. The maximum atomic E-state index is 12.3. The van der Waals surface area contributed by atoms with E-state index in [1.807, 2.05) is 0 Å². The van der Waals surface area contributed by atoms with Crippen LogP contribution in [0.4, 0.5) is 16.3 Å². The van der Waals surface area contributed by atoms with E-state index in [0.29, 0.717) is 0 Å². The number of pyridine rings is 2. The second-order valence-corrected chi connectivity index (χ2v) is 5.42. The van der Waals surface area contributed by atoms with Crippen LogP contribution in [0.25, 0.3) is 0 Å². The summed E-state index contributed by atoms with van der Waals surface area (Å²) in [6, 6.07) is 4.29. The summed E-state index contributed by atoms with van der Waals surface area (Å²) in [7, 11) is 2.48. The first-order chi connectivity index (χ1) is 13.4. The van der Waals surface area contributed by atoms with Crippen LogP contribution >= 0.6 is 0 Å². The van der Waals surface area contributed by atoms with E-state index in [0.717, 1.165) is 0 Å². The number of nitrogens with two attached hydrogens (primary N) is 1. The van der Waals surface area contributed by atoms with Gasteiger partial charge in [-0.15, -0.1) is 0 Å². The molecule has 1 atom stereocenters. The van der Waals surface area contributed by atoms with Gasteiger partial charge in [0.2, 0.25) is 5.90 Å². The Morgan fingerprint density at radius 2 is 2.07 bits per heavy atom. The van der Waals surface area contributed by atoms with Crippen LogP contribution in [-0.2, 0) is 20.9 Å². The number of carbonyl (C=O) groups is 2. The highest BCUT2D eigenvalue weighted by molar-refractivity contribution is 5.99. The molecule has 2 aromatic heterocycles. The highest BCUT2D eigenvalue weighted by Gasteiger charge is 2.25. The van der Waals surface area contributed by atoms with E-state index < -0.39 is 24.6 Å². The molecule has 0 aliphatic rings. The number of hydrogen-bond acceptors (Lipinski definition) is 9. The highest BCUT2D eigenvalue weighted by atomic mass is 16.5. The van der Waals surface area contributed by atoms with Gasteiger partial charge in [0.05, 0.1) is 37.8 Å². The van der Waals surface area contributed by atoms with E-state index in [1.54, 1.807) is 18.2 Å². The predicted molar refractivity (Wildman–Crippen MR) is 99.6 cm³/mol. The van der Waals surface area contributed by atoms with Crippen LogP contribution in [0.15, 0.2) is 30.5 Å². The van der Waals surface area contributed by atoms with Crippen molar-refractivity contribution in [2.45, 2.75) is 12.6 Å². The lowest BCUT2D eigenvalue weighted by atomic mass is 10.1. The Hall–Kier alpha value is -3.73. The molecule has 0 spiro atoms. The zero-order valence-corrected chi connectivity index (χ0v) is 15.2. The maximum absolute atomic E-state index is 12.3. The molecule has 0 saturated carbocycles. The van der Waals surface area contributed by atoms with Gasteiger partial charge in [0, 0.05) is 18.0 Å². The second-order valence-electron chi connectivity index (χ2n) is 5.42. The lowest BCUT2D eigenvalue weighted by molar-refractivity contribution is -0.143. The summed E-state index contributed by atoms with van der Waals surface area (Å²) in [4.78, 5) is 32.4. The monoisotopic (exact) mass is 388 g/mol. The minimum Gasteiger partial charge on any atom is -0.481 e. The van der Waals surface area contributed by atoms with Crippen LogP contribution in [0, 0.1) is 5.41 Å². The summed E-state index contributed by atoms with van der Waals surface area (Å²) >= 11 is 0. The molecule has 28 heavy (non-hydrogen) atoms. The molecule has 2 aromatic rings. The standard InChI is InChI=1S/C17H20N6O5/c1-27-15(19)13-9(18)7-12(21-11(13)8-24)22-17(26)23-14(16(25)28-2)10-5-3-4-6-20-10/h3-7,14,19,24H,8H2,1-2H3,(H4,18,21,22,23,26)/t14-/m0/s1. The van der Waals surface area contributed by atoms with Gasteiger partial charge in [-0.25, -0.2) is 14.6 Å². The van der Waals surface area contributed by atoms with Crippen molar-refractivity contribution in [3.05, 3.63) is 47.4 Å². The summed E-state index contributed by atoms with van der Waals surface area (Å²) in [5, 5.41) is 22.1. The number of nitrogen functional groups attached to an aromatic ring is 1. The average molecular weight is 388 g/mol. The molecule has 0 saturated heterocycles. The molecule has 0 fully saturated rings. The molecular weight excluding hydrogens is 368 g/mol. The number of aliphatic hydroxyl groups excluding tert-OH is 1. The molecule has 0 radical (unpaired) electrons. The number of esters is 1. The molecule has 11 heteroatoms. The van der Waals surface area contributed by atoms with Gasteiger partial charge in [0.15, 0.2) is 6.04 Å². The van der Waals surface area contributed by atoms with E-state index in [2.05, 4.69) is 20.6 Å². The lowest BCUT2D eigenvalue weighted by Crippen LogP contribution is -2.38. The molecule has 2 heterocycles. The van der Waals surface area contributed by atoms with Crippen LogP contribution in [0.2, 0.25) is 0 Å². The summed E-state index contributed by atoms with van der Waals surface area (Å²) in [6.07, 6.45) is 1.48. The van der Waals surface area contributed by atoms with E-state index in [-0.39, 0.29) is 34.4 Å². The highest BCUT2D eigenvalue weighted by Crippen LogP contribution is 2.21. The van der Waals surface area contributed by atoms with Crippen LogP contribution in [0.1, 0.15) is 23.0 Å². The number of rotatable bonds is 6. The molecule has 6 N–H and O–H groups in total. The van der Waals surface area contributed by atoms with E-state index in [1.165, 1.54) is 26.5 Å². The number of hydrogen-bond donors (Lipinski definition) is 5. The SMILES string of the molecule is COC(=N)c1c(N)cc(NC(=O)N[C@H](C(=O)OC)c2ccccn2)nc1CO. The van der Waals surface area contributed by atoms with Gasteiger partial charge in [-0.2, -0.15) is 0 Å². The number of ether oxygens (including phenoxy) is 2. The third-order valence-corrected chi connectivity index (χ3v) is 3.64. The Labute approximate surface area is 160 Å². The quantitative estimate of drug-likeness (QED) is 0.271. The first-order valence-electron chi connectivity index (χ1n) is 8.00. The zero-order chi connectivity index (χ0) is 20.7. The van der Waals surface area contributed by atoms with Crippen molar-refractivity contribution in [2.75, 3.05) is 25.3 Å². The molecule has 2 amide bonds. The molecule has 11 nitrogen and oxygen atoms in total. The average Bonchev–Trinajstić information content (AvgIpc) is 2.71. The van der Waals surface area contributed by atoms with Gasteiger partial charge in [-0.3, -0.25) is 15.7 Å². The third-order valence-electron chi connectivity index (χ3n) is 3.64. The lowest BCUT2D eigenvalue weighted by Gasteiger charge is -2.17. The molecule has 0 aliphatic carbocycles. The van der Waals surface area contributed by atoms with E-state index >= 15 is 0 Å². The van der Waals surface area contributed by atoms with Crippen LogP contribution in [0.3, 0.4) is 0 Å². The van der Waals surface area contributed by atoms with Crippen molar-refractivity contribution < 1.29 is 24.2 Å². The minimum atomic E-state index is -1.14. The molecule has 148 valence electrons. The maximum Gasteiger partial charge on any atom is 0.334 e. The summed E-state index contributed by atoms with van der Waals surface area (Å²) in [6.45, 7) is -0.527. The number of aliphatic hydroxyl groups is 1. The van der Waals surface area contributed by atoms with Crippen LogP contribution < -0.4 is 16.4 Å². The fourth-order valence-electron chi connectivity index (χ4n) is 2.36. The Kier molecular flexibility index (Phi) is 6.82. The van der Waals surface area contributed by atoms with Gasteiger partial charge in [-0.05, 0) is 12.1 Å². The molecule has 2 rings (SSSR count). The van der Waals surface area contributed by atoms with Crippen molar-refractivity contribution in [3.8, 4) is 0 Å². The number of aromatic nitrogens is 2. The number of urea groups is 1. The van der Waals surface area contributed by atoms with Gasteiger partial charge >= 0.3 is 12.0 Å². The van der Waals surface area contributed by atoms with Crippen molar-refractivity contribution in [3.63, 3.8) is 0 Å². The van der Waals surface area contributed by atoms with Crippen molar-refractivity contribution in [1.82, 2.24) is 15.3 Å². The van der Waals surface area contributed by atoms with Gasteiger partial charge in [0.1, 0.15) is 5.82 Å². The number of amides is 2. The van der Waals surface area contributed by atoms with Crippen molar-refractivity contribution >= 4 is 29.4 Å². The van der Waals surface area contributed by atoms with E-state index in [9.17, 15) is 14.7 Å². The zero-order valence-electron chi connectivity index (χ0n) is 15.2. The Morgan fingerprint density at radius 1 is 1.32 bits per heavy atom. The normalized spacial score (nSPS) is 11.2. The first kappa shape index (κ1) is 20.6. The van der Waals surface area contributed by atoms with Gasteiger partial charge in [0.25, 0.3) is 0 Å². The van der Waals surface area contributed by atoms with Crippen LogP contribution in [-0.4, -0.2) is 47.2 Å². The molecule has 0 aliphatic heterocycles. The topological polar surface area (TPSA) is 173 Å². The summed E-state index contributed by atoms with van der Waals surface area (Å²) < 4.78 is 9.52. The van der Waals surface area contributed by atoms with Crippen molar-refractivity contribution in [2.24, 2.45) is 0 Å². The number of carbonyl (C=O) groups excluding carboxylic acids is 2. The number of nitrogens with zero attached hydrogens (tertiary/aromatic N) is 2. The largest absolute Gasteiger partial charge is 0.481 e. The number of methoxy groups -OCH3 is 2. The number of anilines is 2. The Bertz CT molecular complexity index is 874. The van der Waals surface area contributed by atoms with E-state index in [4.69, 9.17) is 20.6 Å². The van der Waals surface area contributed by atoms with Crippen LogP contribution in [0.5, 0.6) is 0 Å². The summed E-state index contributed by atoms with van der Waals surface area (Å²) in [5.74, 6) is -0.969. The molecule has 0 bridgehead atoms. The van der Waals surface area contributed by atoms with Gasteiger partial charge < -0.3 is 25.6 Å². The number of nitrogens with one attached hydrogen (secondary N) is 3. The first-order valence-corrected chi connectivity index (χ1v) is 8.00. The molecule has 0 unspecified atom stereocenters.